The quantitative estimate of drug-likeness (QED) is 0.0296. The highest BCUT2D eigenvalue weighted by molar-refractivity contribution is 8.13. The predicted molar refractivity (Wildman–Crippen MR) is 233 cm³/mol. The molecule has 7 unspecified atom stereocenters. The van der Waals surface area contributed by atoms with E-state index in [0.29, 0.717) is 12.2 Å². The monoisotopic (exact) mass is 989 g/mol. The van der Waals surface area contributed by atoms with E-state index >= 15 is 0 Å². The van der Waals surface area contributed by atoms with Crippen LogP contribution in [-0.2, 0) is 50.7 Å². The van der Waals surface area contributed by atoms with E-state index in [1.165, 1.54) is 52.4 Å². The number of allylic oxidation sites excluding steroid dienone is 2. The first-order valence-corrected chi connectivity index (χ1v) is 26.3. The minimum Gasteiger partial charge on any atom is -0.386 e. The largest absolute Gasteiger partial charge is 0.481 e. The average molecular weight is 990 g/mol. The summed E-state index contributed by atoms with van der Waals surface area (Å²) in [5.74, 6) is -1.05. The number of anilines is 1. The highest BCUT2D eigenvalue weighted by Gasteiger charge is 2.50. The molecule has 3 heterocycles. The third kappa shape index (κ3) is 19.6. The van der Waals surface area contributed by atoms with Gasteiger partial charge in [-0.2, -0.15) is 4.31 Å². The maximum Gasteiger partial charge on any atom is 0.481 e. The maximum absolute atomic E-state index is 12.7. The van der Waals surface area contributed by atoms with E-state index in [1.54, 1.807) is 0 Å². The first-order chi connectivity index (χ1) is 30.1. The second kappa shape index (κ2) is 26.6. The van der Waals surface area contributed by atoms with Gasteiger partial charge in [0.1, 0.15) is 36.3 Å². The Bertz CT molecular complexity index is 1990. The predicted octanol–water partition coefficient (Wildman–Crippen LogP) is 3.53. The fourth-order valence-electron chi connectivity index (χ4n) is 6.18. The molecule has 3 rings (SSSR count). The van der Waals surface area contributed by atoms with E-state index in [-0.39, 0.29) is 41.6 Å². The maximum atomic E-state index is 12.7. The van der Waals surface area contributed by atoms with Crippen molar-refractivity contribution in [1.82, 2.24) is 30.2 Å². The van der Waals surface area contributed by atoms with Crippen LogP contribution in [-0.4, -0.2) is 123 Å². The molecule has 1 aliphatic rings. The van der Waals surface area contributed by atoms with E-state index in [4.69, 9.17) is 19.5 Å². The number of nitrogen functional groups attached to an aromatic ring is 1. The Morgan fingerprint density at radius 2 is 1.59 bits per heavy atom. The summed E-state index contributed by atoms with van der Waals surface area (Å²) in [6.07, 6.45) is 9.32. The number of nitrogens with zero attached hydrogens (tertiary/aromatic N) is 4. The molecule has 2 aromatic heterocycles. The third-order valence-electron chi connectivity index (χ3n) is 9.66. The number of unbranched alkanes of at least 4 members (excludes halogenated alkanes) is 8. The number of imidazole rings is 1. The summed E-state index contributed by atoms with van der Waals surface area (Å²) in [4.78, 5) is 88.2. The second-order valence-electron chi connectivity index (χ2n) is 15.6. The molecule has 0 aromatic carbocycles. The molecular weight excluding hydrogens is 927 g/mol. The van der Waals surface area contributed by atoms with Gasteiger partial charge in [-0.15, -0.1) is 0 Å². The molecule has 364 valence electrons. The molecule has 7 atom stereocenters. The molecule has 28 heteroatoms. The minimum atomic E-state index is -5.57. The number of thioether (sulfide) groups is 1. The summed E-state index contributed by atoms with van der Waals surface area (Å²) >= 11 is 1.14. The molecule has 0 spiro atoms. The number of aliphatic hydroxyl groups excluding tert-OH is 2. The molecule has 64 heavy (non-hydrogen) atoms. The summed E-state index contributed by atoms with van der Waals surface area (Å²) in [5, 5.41) is 26.6. The summed E-state index contributed by atoms with van der Waals surface area (Å²) in [7, 11) is -16.4. The second-order valence-corrected chi connectivity index (χ2v) is 21.0. The topological polar surface area (TPSA) is 364 Å². The SMILES string of the molecule is CCCCCCCC/C=C/CCCCC(=O)SCCNC(=O)CCNC(=O)C(O)C(C)(C)COP(=O)(O)OP(=O)(O)OCC1OC(n2cnc3c(N)ncnc32)C(O)C1OP(=O)(O)O. The summed E-state index contributed by atoms with van der Waals surface area (Å²) in [6, 6.07) is 0. The minimum absolute atomic E-state index is 0.0325. The number of phosphoric acid groups is 3. The molecular formula is C36H62N7O17P3S. The van der Waals surface area contributed by atoms with Crippen molar-refractivity contribution in [2.24, 2.45) is 5.41 Å². The van der Waals surface area contributed by atoms with Gasteiger partial charge in [0, 0.05) is 37.1 Å². The number of carbonyl (C=O) groups is 3. The lowest BCUT2D eigenvalue weighted by molar-refractivity contribution is -0.137. The molecule has 0 saturated carbocycles. The molecule has 1 fully saturated rings. The lowest BCUT2D eigenvalue weighted by Gasteiger charge is -2.30. The van der Waals surface area contributed by atoms with Crippen LogP contribution in [0.1, 0.15) is 104 Å². The smallest absolute Gasteiger partial charge is 0.386 e. The zero-order chi connectivity index (χ0) is 47.6. The van der Waals surface area contributed by atoms with Crippen LogP contribution in [0.15, 0.2) is 24.8 Å². The van der Waals surface area contributed by atoms with Gasteiger partial charge in [-0.05, 0) is 32.1 Å². The van der Waals surface area contributed by atoms with Crippen LogP contribution < -0.4 is 16.4 Å². The Kier molecular flexibility index (Phi) is 23.1. The number of hydrogen-bond acceptors (Lipinski definition) is 18. The zero-order valence-corrected chi connectivity index (χ0v) is 39.5. The molecule has 10 N–H and O–H groups in total. The van der Waals surface area contributed by atoms with Crippen molar-refractivity contribution in [3.8, 4) is 0 Å². The Morgan fingerprint density at radius 1 is 0.938 bits per heavy atom. The van der Waals surface area contributed by atoms with Crippen molar-refractivity contribution >= 4 is 69.1 Å². The number of nitrogens with one attached hydrogen (secondary N) is 2. The molecule has 2 amide bonds. The number of amides is 2. The van der Waals surface area contributed by atoms with Gasteiger partial charge in [0.2, 0.25) is 11.8 Å². The van der Waals surface area contributed by atoms with Crippen LogP contribution in [0.25, 0.3) is 11.2 Å². The van der Waals surface area contributed by atoms with Crippen molar-refractivity contribution in [3.63, 3.8) is 0 Å². The number of carbonyl (C=O) groups excluding carboxylic acids is 3. The Hall–Kier alpha value is -2.70. The van der Waals surface area contributed by atoms with Crippen LogP contribution >= 0.6 is 35.2 Å². The summed E-state index contributed by atoms with van der Waals surface area (Å²) in [5.41, 5.74) is 4.28. The van der Waals surface area contributed by atoms with Crippen LogP contribution in [0.5, 0.6) is 0 Å². The van der Waals surface area contributed by atoms with Gasteiger partial charge in [-0.3, -0.25) is 32.5 Å². The zero-order valence-electron chi connectivity index (χ0n) is 36.0. The average Bonchev–Trinajstić information content (AvgIpc) is 3.78. The number of aliphatic hydroxyl groups is 2. The van der Waals surface area contributed by atoms with E-state index in [1.807, 2.05) is 0 Å². The van der Waals surface area contributed by atoms with Gasteiger partial charge >= 0.3 is 23.5 Å². The van der Waals surface area contributed by atoms with Gasteiger partial charge < -0.3 is 50.9 Å². The first kappa shape index (κ1) is 55.6. The molecule has 0 aliphatic carbocycles. The van der Waals surface area contributed by atoms with Crippen LogP contribution in [0.4, 0.5) is 5.82 Å². The highest BCUT2D eigenvalue weighted by atomic mass is 32.2. The highest BCUT2D eigenvalue weighted by Crippen LogP contribution is 2.61. The lowest BCUT2D eigenvalue weighted by atomic mass is 9.87. The van der Waals surface area contributed by atoms with Crippen molar-refractivity contribution in [3.05, 3.63) is 24.8 Å². The normalized spacial score (nSPS) is 20.6. The summed E-state index contributed by atoms with van der Waals surface area (Å²) in [6.45, 7) is 2.76. The van der Waals surface area contributed by atoms with Crippen molar-refractivity contribution in [2.75, 3.05) is 37.8 Å². The summed E-state index contributed by atoms with van der Waals surface area (Å²) < 4.78 is 62.3. The molecule has 2 aromatic rings. The Balaban J connectivity index is 1.35. The first-order valence-electron chi connectivity index (χ1n) is 20.8. The fraction of sp³-hybridized carbons (Fsp3) is 0.722. The number of ether oxygens (including phenoxy) is 1. The number of phosphoric ester groups is 3. The van der Waals surface area contributed by atoms with Gasteiger partial charge in [0.15, 0.2) is 22.8 Å². The van der Waals surface area contributed by atoms with E-state index < -0.39 is 84.6 Å². The number of fused-ring (bicyclic) bond motifs is 1. The van der Waals surface area contributed by atoms with Gasteiger partial charge in [-0.1, -0.05) is 76.8 Å². The van der Waals surface area contributed by atoms with Crippen molar-refractivity contribution in [1.29, 1.82) is 0 Å². The van der Waals surface area contributed by atoms with E-state index in [9.17, 15) is 57.9 Å². The van der Waals surface area contributed by atoms with Crippen LogP contribution in [0.2, 0.25) is 0 Å². The molecule has 1 aliphatic heterocycles. The number of nitrogens with two attached hydrogens (primary N) is 1. The van der Waals surface area contributed by atoms with E-state index in [2.05, 4.69) is 53.5 Å². The standard InChI is InChI=1S/C36H62N7O17P3S/c1-4-5-6-7-8-9-10-11-12-13-14-15-16-27(45)64-20-19-38-26(44)17-18-39-34(48)31(47)36(2,3)22-57-63(54,55)60-62(52,53)56-21-25-30(59-61(49,50)51)29(46)35(58-25)43-24-42-28-32(37)40-23-41-33(28)43/h11-12,23-25,29-31,35,46-47H,4-10,13-22H2,1-3H3,(H,38,44)(H,39,48)(H,52,53)(H,54,55)(H2,37,40,41)(H2,49,50,51)/b12-11+. The van der Waals surface area contributed by atoms with Gasteiger partial charge in [0.25, 0.3) is 0 Å². The number of hydrogen-bond donors (Lipinski definition) is 9. The Morgan fingerprint density at radius 3 is 2.28 bits per heavy atom. The van der Waals surface area contributed by atoms with Crippen LogP contribution in [0.3, 0.4) is 0 Å². The molecule has 0 bridgehead atoms. The number of rotatable bonds is 31. The Labute approximate surface area is 375 Å². The molecule has 0 radical (unpaired) electrons. The van der Waals surface area contributed by atoms with Crippen LogP contribution in [0, 0.1) is 5.41 Å². The van der Waals surface area contributed by atoms with Crippen molar-refractivity contribution < 1.29 is 80.5 Å². The van der Waals surface area contributed by atoms with Gasteiger partial charge in [-0.25, -0.2) is 28.6 Å². The molecule has 1 saturated heterocycles. The van der Waals surface area contributed by atoms with E-state index in [0.717, 1.165) is 54.7 Å². The molecule has 24 nitrogen and oxygen atoms in total. The third-order valence-corrected chi connectivity index (χ3v) is 13.7. The van der Waals surface area contributed by atoms with Gasteiger partial charge in [0.05, 0.1) is 19.5 Å². The van der Waals surface area contributed by atoms with Crippen molar-refractivity contribution in [2.45, 2.75) is 128 Å². The number of aromatic nitrogens is 4. The fourth-order valence-corrected chi connectivity index (χ4v) is 9.73. The lowest BCUT2D eigenvalue weighted by Crippen LogP contribution is -2.46.